The average molecular weight is 300 g/mol. The summed E-state index contributed by atoms with van der Waals surface area (Å²) < 4.78 is 13.0. The molecule has 2 saturated carbocycles. The first kappa shape index (κ1) is 15.8. The third-order valence-corrected chi connectivity index (χ3v) is 6.17. The van der Waals surface area contributed by atoms with E-state index in [0.717, 1.165) is 17.8 Å². The lowest BCUT2D eigenvalue weighted by atomic mass is 9.68. The van der Waals surface area contributed by atoms with Gasteiger partial charge in [0.2, 0.25) is 0 Å². The SMILES string of the molecule is C=CCC1CCC(C2CCC(c3ccc(F)cc3)CC2)CC1. The Balaban J connectivity index is 1.48. The molecule has 0 bridgehead atoms. The molecule has 0 aromatic heterocycles. The first-order chi connectivity index (χ1) is 10.8. The zero-order valence-corrected chi connectivity index (χ0v) is 13.6. The van der Waals surface area contributed by atoms with Gasteiger partial charge < -0.3 is 0 Å². The summed E-state index contributed by atoms with van der Waals surface area (Å²) in [6.45, 7) is 3.88. The second kappa shape index (κ2) is 7.44. The van der Waals surface area contributed by atoms with E-state index in [1.165, 1.54) is 63.4 Å². The predicted octanol–water partition coefficient (Wildman–Crippen LogP) is 6.48. The molecular formula is C21H29F. The number of allylic oxidation sites excluding steroid dienone is 1. The minimum atomic E-state index is -0.117. The largest absolute Gasteiger partial charge is 0.207 e. The van der Waals surface area contributed by atoms with Crippen molar-refractivity contribution < 1.29 is 4.39 Å². The van der Waals surface area contributed by atoms with E-state index in [2.05, 4.69) is 12.7 Å². The van der Waals surface area contributed by atoms with Crippen LogP contribution >= 0.6 is 0 Å². The van der Waals surface area contributed by atoms with E-state index in [1.54, 1.807) is 12.1 Å². The van der Waals surface area contributed by atoms with Crippen molar-refractivity contribution in [1.82, 2.24) is 0 Å². The van der Waals surface area contributed by atoms with Gasteiger partial charge in [-0.1, -0.05) is 18.2 Å². The zero-order chi connectivity index (χ0) is 15.4. The molecule has 0 N–H and O–H groups in total. The van der Waals surface area contributed by atoms with E-state index in [1.807, 2.05) is 12.1 Å². The fourth-order valence-corrected chi connectivity index (χ4v) is 4.79. The Kier molecular flexibility index (Phi) is 5.33. The van der Waals surface area contributed by atoms with Crippen LogP contribution in [0.25, 0.3) is 0 Å². The Hall–Kier alpha value is -1.11. The maximum absolute atomic E-state index is 13.0. The molecule has 1 heteroatoms. The topological polar surface area (TPSA) is 0 Å². The van der Waals surface area contributed by atoms with Crippen LogP contribution in [0.1, 0.15) is 69.3 Å². The normalized spacial score (nSPS) is 32.6. The molecule has 0 heterocycles. The van der Waals surface area contributed by atoms with Crippen LogP contribution in [0.15, 0.2) is 36.9 Å². The lowest BCUT2D eigenvalue weighted by Gasteiger charge is -2.38. The van der Waals surface area contributed by atoms with E-state index in [4.69, 9.17) is 0 Å². The summed E-state index contributed by atoms with van der Waals surface area (Å²) in [6, 6.07) is 7.20. The molecule has 0 unspecified atom stereocenters. The van der Waals surface area contributed by atoms with Gasteiger partial charge in [0.15, 0.2) is 0 Å². The molecule has 0 aliphatic heterocycles. The van der Waals surface area contributed by atoms with Crippen LogP contribution in [0.5, 0.6) is 0 Å². The van der Waals surface area contributed by atoms with Crippen LogP contribution < -0.4 is 0 Å². The van der Waals surface area contributed by atoms with Crippen molar-refractivity contribution in [1.29, 1.82) is 0 Å². The smallest absolute Gasteiger partial charge is 0.123 e. The molecule has 120 valence electrons. The molecule has 3 rings (SSSR count). The minimum absolute atomic E-state index is 0.117. The van der Waals surface area contributed by atoms with E-state index in [0.29, 0.717) is 5.92 Å². The molecule has 2 fully saturated rings. The molecule has 0 radical (unpaired) electrons. The second-order valence-corrected chi connectivity index (χ2v) is 7.47. The van der Waals surface area contributed by atoms with Crippen molar-refractivity contribution in [3.63, 3.8) is 0 Å². The van der Waals surface area contributed by atoms with E-state index in [9.17, 15) is 4.39 Å². The van der Waals surface area contributed by atoms with E-state index >= 15 is 0 Å². The minimum Gasteiger partial charge on any atom is -0.207 e. The quantitative estimate of drug-likeness (QED) is 0.558. The highest BCUT2D eigenvalue weighted by molar-refractivity contribution is 5.20. The fraction of sp³-hybridized carbons (Fsp3) is 0.619. The van der Waals surface area contributed by atoms with Crippen molar-refractivity contribution in [3.8, 4) is 0 Å². The summed E-state index contributed by atoms with van der Waals surface area (Å²) in [6.07, 6.45) is 14.3. The van der Waals surface area contributed by atoms with Crippen LogP contribution in [-0.4, -0.2) is 0 Å². The van der Waals surface area contributed by atoms with E-state index in [-0.39, 0.29) is 5.82 Å². The Morgan fingerprint density at radius 1 is 0.864 bits per heavy atom. The molecule has 0 spiro atoms. The van der Waals surface area contributed by atoms with Crippen molar-refractivity contribution in [2.45, 2.75) is 63.7 Å². The van der Waals surface area contributed by atoms with Crippen molar-refractivity contribution in [2.24, 2.45) is 17.8 Å². The van der Waals surface area contributed by atoms with Gasteiger partial charge in [-0.15, -0.1) is 6.58 Å². The van der Waals surface area contributed by atoms with Crippen molar-refractivity contribution >= 4 is 0 Å². The molecule has 2 aliphatic carbocycles. The van der Waals surface area contributed by atoms with Gasteiger partial charge in [-0.3, -0.25) is 0 Å². The molecular weight excluding hydrogens is 271 g/mol. The number of halogens is 1. The Morgan fingerprint density at radius 2 is 1.41 bits per heavy atom. The predicted molar refractivity (Wildman–Crippen MR) is 91.4 cm³/mol. The standard InChI is InChI=1S/C21H29F/c1-2-3-16-4-6-17(7-5-16)18-8-10-19(11-9-18)20-12-14-21(22)15-13-20/h2,12-19H,1,3-11H2. The highest BCUT2D eigenvalue weighted by atomic mass is 19.1. The summed E-state index contributed by atoms with van der Waals surface area (Å²) in [5.41, 5.74) is 1.34. The maximum atomic E-state index is 13.0. The maximum Gasteiger partial charge on any atom is 0.123 e. The third-order valence-electron chi connectivity index (χ3n) is 6.17. The molecule has 0 nitrogen and oxygen atoms in total. The average Bonchev–Trinajstić information content (AvgIpc) is 2.57. The first-order valence-corrected chi connectivity index (χ1v) is 9.12. The van der Waals surface area contributed by atoms with Crippen LogP contribution in [0.3, 0.4) is 0 Å². The lowest BCUT2D eigenvalue weighted by Crippen LogP contribution is -2.25. The van der Waals surface area contributed by atoms with Gasteiger partial charge >= 0.3 is 0 Å². The van der Waals surface area contributed by atoms with Gasteiger partial charge in [0, 0.05) is 0 Å². The van der Waals surface area contributed by atoms with Gasteiger partial charge in [0.1, 0.15) is 5.82 Å². The molecule has 22 heavy (non-hydrogen) atoms. The second-order valence-electron chi connectivity index (χ2n) is 7.47. The molecule has 0 amide bonds. The first-order valence-electron chi connectivity index (χ1n) is 9.12. The molecule has 0 atom stereocenters. The summed E-state index contributed by atoms with van der Waals surface area (Å²) in [5.74, 6) is 3.36. The number of rotatable bonds is 4. The highest BCUT2D eigenvalue weighted by Gasteiger charge is 2.30. The Morgan fingerprint density at radius 3 is 1.95 bits per heavy atom. The van der Waals surface area contributed by atoms with E-state index < -0.39 is 0 Å². The highest BCUT2D eigenvalue weighted by Crippen LogP contribution is 2.44. The summed E-state index contributed by atoms with van der Waals surface area (Å²) in [5, 5.41) is 0. The number of hydrogen-bond donors (Lipinski definition) is 0. The van der Waals surface area contributed by atoms with Gasteiger partial charge in [-0.25, -0.2) is 4.39 Å². The molecule has 2 aliphatic rings. The van der Waals surface area contributed by atoms with Crippen LogP contribution in [0.2, 0.25) is 0 Å². The van der Waals surface area contributed by atoms with Gasteiger partial charge in [-0.2, -0.15) is 0 Å². The van der Waals surface area contributed by atoms with Crippen molar-refractivity contribution in [2.75, 3.05) is 0 Å². The van der Waals surface area contributed by atoms with Crippen LogP contribution in [-0.2, 0) is 0 Å². The third kappa shape index (κ3) is 3.80. The Labute approximate surface area is 134 Å². The van der Waals surface area contributed by atoms with Crippen LogP contribution in [0, 0.1) is 23.6 Å². The summed E-state index contributed by atoms with van der Waals surface area (Å²) >= 11 is 0. The van der Waals surface area contributed by atoms with Crippen LogP contribution in [0.4, 0.5) is 4.39 Å². The monoisotopic (exact) mass is 300 g/mol. The van der Waals surface area contributed by atoms with Gasteiger partial charge in [0.05, 0.1) is 0 Å². The summed E-state index contributed by atoms with van der Waals surface area (Å²) in [4.78, 5) is 0. The Bertz CT molecular complexity index is 459. The van der Waals surface area contributed by atoms with Gasteiger partial charge in [-0.05, 0) is 99.2 Å². The zero-order valence-electron chi connectivity index (χ0n) is 13.6. The number of hydrogen-bond acceptors (Lipinski definition) is 0. The lowest BCUT2D eigenvalue weighted by molar-refractivity contribution is 0.160. The van der Waals surface area contributed by atoms with Crippen molar-refractivity contribution in [3.05, 3.63) is 48.3 Å². The molecule has 1 aromatic rings. The molecule has 0 saturated heterocycles. The number of benzene rings is 1. The fourth-order valence-electron chi connectivity index (χ4n) is 4.79. The summed E-state index contributed by atoms with van der Waals surface area (Å²) in [7, 11) is 0. The molecule has 1 aromatic carbocycles. The van der Waals surface area contributed by atoms with Gasteiger partial charge in [0.25, 0.3) is 0 Å².